The van der Waals surface area contributed by atoms with Gasteiger partial charge in [-0.3, -0.25) is 14.3 Å². The highest BCUT2D eigenvalue weighted by atomic mass is 32.2. The average Bonchev–Trinajstić information content (AvgIpc) is 3.58. The van der Waals surface area contributed by atoms with Crippen molar-refractivity contribution in [2.45, 2.75) is 36.6 Å². The van der Waals surface area contributed by atoms with E-state index in [0.717, 1.165) is 25.7 Å². The summed E-state index contributed by atoms with van der Waals surface area (Å²) < 4.78 is 27.4. The Kier molecular flexibility index (Phi) is 5.76. The van der Waals surface area contributed by atoms with Crippen LogP contribution < -0.4 is 10.0 Å². The minimum Gasteiger partial charge on any atom is -0.353 e. The van der Waals surface area contributed by atoms with Gasteiger partial charge < -0.3 is 10.2 Å². The molecule has 1 saturated carbocycles. The summed E-state index contributed by atoms with van der Waals surface area (Å²) in [6, 6.07) is 14.8. The van der Waals surface area contributed by atoms with Crippen LogP contribution in [0.2, 0.25) is 0 Å². The lowest BCUT2D eigenvalue weighted by Gasteiger charge is -2.32. The number of nitrogens with one attached hydrogen (secondary N) is 2. The minimum absolute atomic E-state index is 0.0423. The van der Waals surface area contributed by atoms with Crippen LogP contribution in [0.4, 0.5) is 5.69 Å². The Balaban J connectivity index is 1.39. The fraction of sp³-hybridized carbons (Fsp3) is 0.364. The summed E-state index contributed by atoms with van der Waals surface area (Å²) in [7, 11) is -3.68. The molecule has 1 atom stereocenters. The zero-order valence-electron chi connectivity index (χ0n) is 16.6. The number of sulfonamides is 1. The quantitative estimate of drug-likeness (QED) is 0.741. The second kappa shape index (κ2) is 8.47. The standard InChI is InChI=1S/C22H25N3O4S/c26-21(23-18-12-13-18)17-5-4-14-25(15-17)22(27)16-8-10-19(11-9-16)24-30(28,29)20-6-2-1-3-7-20/h1-3,6-11,17-18,24H,4-5,12-15H2,(H,23,26). The highest BCUT2D eigenvalue weighted by Gasteiger charge is 2.32. The van der Waals surface area contributed by atoms with Crippen LogP contribution in [-0.2, 0) is 14.8 Å². The summed E-state index contributed by atoms with van der Waals surface area (Å²) in [5.74, 6) is -0.266. The topological polar surface area (TPSA) is 95.6 Å². The summed E-state index contributed by atoms with van der Waals surface area (Å²) in [6.07, 6.45) is 3.68. The van der Waals surface area contributed by atoms with E-state index >= 15 is 0 Å². The number of likely N-dealkylation sites (tertiary alicyclic amines) is 1. The maximum Gasteiger partial charge on any atom is 0.261 e. The summed E-state index contributed by atoms with van der Waals surface area (Å²) in [4.78, 5) is 27.1. The molecule has 0 aromatic heterocycles. The normalized spacial score (nSPS) is 19.2. The predicted octanol–water partition coefficient (Wildman–Crippen LogP) is 2.62. The molecular formula is C22H25N3O4S. The van der Waals surface area contributed by atoms with E-state index in [1.165, 1.54) is 12.1 Å². The van der Waals surface area contributed by atoms with E-state index in [9.17, 15) is 18.0 Å². The van der Waals surface area contributed by atoms with E-state index in [2.05, 4.69) is 10.0 Å². The van der Waals surface area contributed by atoms with Gasteiger partial charge in [0.05, 0.1) is 10.8 Å². The van der Waals surface area contributed by atoms with Crippen LogP contribution in [0.5, 0.6) is 0 Å². The average molecular weight is 428 g/mol. The lowest BCUT2D eigenvalue weighted by atomic mass is 9.96. The van der Waals surface area contributed by atoms with Gasteiger partial charge in [0.15, 0.2) is 0 Å². The van der Waals surface area contributed by atoms with Crippen LogP contribution in [0.25, 0.3) is 0 Å². The minimum atomic E-state index is -3.68. The number of anilines is 1. The van der Waals surface area contributed by atoms with Gasteiger partial charge in [-0.1, -0.05) is 18.2 Å². The molecule has 2 N–H and O–H groups in total. The molecule has 2 amide bonds. The second-order valence-electron chi connectivity index (χ2n) is 7.87. The molecule has 4 rings (SSSR count). The van der Waals surface area contributed by atoms with E-state index in [0.29, 0.717) is 30.4 Å². The van der Waals surface area contributed by atoms with Crippen molar-refractivity contribution in [1.29, 1.82) is 0 Å². The highest BCUT2D eigenvalue weighted by molar-refractivity contribution is 7.92. The Morgan fingerprint density at radius 3 is 2.30 bits per heavy atom. The number of carbonyl (C=O) groups excluding carboxylic acids is 2. The molecular weight excluding hydrogens is 402 g/mol. The van der Waals surface area contributed by atoms with Crippen molar-refractivity contribution in [2.24, 2.45) is 5.92 Å². The molecule has 0 spiro atoms. The Bertz CT molecular complexity index is 1020. The molecule has 2 fully saturated rings. The number of nitrogens with zero attached hydrogens (tertiary/aromatic N) is 1. The lowest BCUT2D eigenvalue weighted by Crippen LogP contribution is -2.45. The highest BCUT2D eigenvalue weighted by Crippen LogP contribution is 2.23. The predicted molar refractivity (Wildman–Crippen MR) is 113 cm³/mol. The van der Waals surface area contributed by atoms with Crippen LogP contribution >= 0.6 is 0 Å². The van der Waals surface area contributed by atoms with Crippen LogP contribution in [0.3, 0.4) is 0 Å². The number of rotatable bonds is 6. The van der Waals surface area contributed by atoms with Gasteiger partial charge in [-0.2, -0.15) is 0 Å². The third-order valence-corrected chi connectivity index (χ3v) is 6.84. The van der Waals surface area contributed by atoms with Crippen molar-refractivity contribution in [3.63, 3.8) is 0 Å². The Hall–Kier alpha value is -2.87. The van der Waals surface area contributed by atoms with Crippen LogP contribution in [0.1, 0.15) is 36.0 Å². The third kappa shape index (κ3) is 4.81. The van der Waals surface area contributed by atoms with Gasteiger partial charge in [-0.15, -0.1) is 0 Å². The van der Waals surface area contributed by atoms with Crippen LogP contribution in [0, 0.1) is 5.92 Å². The van der Waals surface area contributed by atoms with Gasteiger partial charge in [0.25, 0.3) is 15.9 Å². The first kappa shape index (κ1) is 20.4. The van der Waals surface area contributed by atoms with E-state index < -0.39 is 10.0 Å². The van der Waals surface area contributed by atoms with Crippen molar-refractivity contribution < 1.29 is 18.0 Å². The Morgan fingerprint density at radius 1 is 0.933 bits per heavy atom. The number of benzene rings is 2. The number of piperidine rings is 1. The van der Waals surface area contributed by atoms with E-state index in [-0.39, 0.29) is 22.6 Å². The molecule has 2 aromatic rings. The molecule has 2 aliphatic rings. The lowest BCUT2D eigenvalue weighted by molar-refractivity contribution is -0.126. The first-order chi connectivity index (χ1) is 14.4. The molecule has 0 radical (unpaired) electrons. The molecule has 8 heteroatoms. The summed E-state index contributed by atoms with van der Waals surface area (Å²) in [5, 5.41) is 3.02. The van der Waals surface area contributed by atoms with Crippen LogP contribution in [0.15, 0.2) is 59.5 Å². The van der Waals surface area contributed by atoms with Crippen molar-refractivity contribution in [1.82, 2.24) is 10.2 Å². The SMILES string of the molecule is O=C(NC1CC1)C1CCCN(C(=O)c2ccc(NS(=O)(=O)c3ccccc3)cc2)C1. The Labute approximate surface area is 176 Å². The van der Waals surface area contributed by atoms with E-state index in [1.807, 2.05) is 0 Å². The molecule has 1 aliphatic carbocycles. The maximum absolute atomic E-state index is 12.9. The first-order valence-electron chi connectivity index (χ1n) is 10.2. The summed E-state index contributed by atoms with van der Waals surface area (Å²) in [6.45, 7) is 1.04. The van der Waals surface area contributed by atoms with Gasteiger partial charge in [-0.05, 0) is 62.1 Å². The van der Waals surface area contributed by atoms with E-state index in [4.69, 9.17) is 0 Å². The molecule has 1 saturated heterocycles. The molecule has 30 heavy (non-hydrogen) atoms. The van der Waals surface area contributed by atoms with Gasteiger partial charge >= 0.3 is 0 Å². The molecule has 1 aliphatic heterocycles. The molecule has 158 valence electrons. The second-order valence-corrected chi connectivity index (χ2v) is 9.55. The van der Waals surface area contributed by atoms with Crippen LogP contribution in [-0.4, -0.2) is 44.3 Å². The largest absolute Gasteiger partial charge is 0.353 e. The van der Waals surface area contributed by atoms with Crippen molar-refractivity contribution in [3.8, 4) is 0 Å². The number of hydrogen-bond donors (Lipinski definition) is 2. The fourth-order valence-corrected chi connectivity index (χ4v) is 4.68. The fourth-order valence-electron chi connectivity index (χ4n) is 3.60. The zero-order chi connectivity index (χ0) is 21.1. The van der Waals surface area contributed by atoms with Gasteiger partial charge in [0.1, 0.15) is 0 Å². The number of carbonyl (C=O) groups is 2. The van der Waals surface area contributed by atoms with Crippen molar-refractivity contribution in [3.05, 3.63) is 60.2 Å². The maximum atomic E-state index is 12.9. The first-order valence-corrected chi connectivity index (χ1v) is 11.7. The van der Waals surface area contributed by atoms with Gasteiger partial charge in [-0.25, -0.2) is 8.42 Å². The monoisotopic (exact) mass is 427 g/mol. The smallest absolute Gasteiger partial charge is 0.261 e. The zero-order valence-corrected chi connectivity index (χ0v) is 17.4. The van der Waals surface area contributed by atoms with Crippen molar-refractivity contribution >= 4 is 27.5 Å². The molecule has 1 heterocycles. The molecule has 0 bridgehead atoms. The summed E-state index contributed by atoms with van der Waals surface area (Å²) >= 11 is 0. The Morgan fingerprint density at radius 2 is 1.63 bits per heavy atom. The number of amides is 2. The van der Waals surface area contributed by atoms with Gasteiger partial charge in [0.2, 0.25) is 5.91 Å². The van der Waals surface area contributed by atoms with Gasteiger partial charge in [0, 0.05) is 30.4 Å². The van der Waals surface area contributed by atoms with E-state index in [1.54, 1.807) is 47.4 Å². The van der Waals surface area contributed by atoms with Crippen molar-refractivity contribution in [2.75, 3.05) is 17.8 Å². The molecule has 1 unspecified atom stereocenters. The molecule has 7 nitrogen and oxygen atoms in total. The third-order valence-electron chi connectivity index (χ3n) is 5.44. The number of hydrogen-bond acceptors (Lipinski definition) is 4. The molecule has 2 aromatic carbocycles. The summed E-state index contributed by atoms with van der Waals surface area (Å²) in [5.41, 5.74) is 0.858.